The van der Waals surface area contributed by atoms with Crippen molar-refractivity contribution in [3.63, 3.8) is 0 Å². The third kappa shape index (κ3) is 5.19. The van der Waals surface area contributed by atoms with E-state index in [0.29, 0.717) is 56.7 Å². The van der Waals surface area contributed by atoms with Gasteiger partial charge in [-0.25, -0.2) is 19.9 Å². The van der Waals surface area contributed by atoms with E-state index in [9.17, 15) is 22.8 Å². The van der Waals surface area contributed by atoms with Crippen molar-refractivity contribution in [2.24, 2.45) is 5.73 Å². The second kappa shape index (κ2) is 9.57. The van der Waals surface area contributed by atoms with Crippen LogP contribution in [0, 0.1) is 0 Å². The number of amides is 2. The van der Waals surface area contributed by atoms with Crippen LogP contribution in [0.25, 0.3) is 11.2 Å². The molecule has 14 heteroatoms. The van der Waals surface area contributed by atoms with E-state index in [-0.39, 0.29) is 29.6 Å². The van der Waals surface area contributed by atoms with Gasteiger partial charge in [0.25, 0.3) is 5.91 Å². The number of carbonyl (C=O) groups is 2. The molecule has 2 N–H and O–H groups in total. The van der Waals surface area contributed by atoms with E-state index in [1.165, 1.54) is 6.07 Å². The summed E-state index contributed by atoms with van der Waals surface area (Å²) < 4.78 is 40.1. The van der Waals surface area contributed by atoms with Gasteiger partial charge in [-0.05, 0) is 25.0 Å². The molecular formula is C23H26F3N9O2. The fourth-order valence-corrected chi connectivity index (χ4v) is 4.63. The molecule has 0 radical (unpaired) electrons. The summed E-state index contributed by atoms with van der Waals surface area (Å²) in [5.41, 5.74) is 5.86. The zero-order valence-corrected chi connectivity index (χ0v) is 20.1. The van der Waals surface area contributed by atoms with Crippen molar-refractivity contribution in [1.82, 2.24) is 34.3 Å². The van der Waals surface area contributed by atoms with Gasteiger partial charge in [-0.2, -0.15) is 13.2 Å². The molecule has 0 aliphatic carbocycles. The minimum absolute atomic E-state index is 0.0367. The van der Waals surface area contributed by atoms with Crippen molar-refractivity contribution >= 4 is 28.9 Å². The highest BCUT2D eigenvalue weighted by Gasteiger charge is 2.43. The average Bonchev–Trinajstić information content (AvgIpc) is 3.56. The summed E-state index contributed by atoms with van der Waals surface area (Å²) in [5.74, 6) is -0.292. The van der Waals surface area contributed by atoms with Crippen LogP contribution in [0.3, 0.4) is 0 Å². The molecule has 0 saturated carbocycles. The van der Waals surface area contributed by atoms with Crippen LogP contribution < -0.4 is 10.6 Å². The van der Waals surface area contributed by atoms with Crippen LogP contribution in [0.2, 0.25) is 0 Å². The molecule has 196 valence electrons. The van der Waals surface area contributed by atoms with Crippen LogP contribution >= 0.6 is 0 Å². The maximum Gasteiger partial charge on any atom is 0.419 e. The van der Waals surface area contributed by atoms with E-state index < -0.39 is 17.6 Å². The van der Waals surface area contributed by atoms with E-state index in [1.54, 1.807) is 24.3 Å². The molecule has 3 aromatic rings. The number of anilines is 1. The summed E-state index contributed by atoms with van der Waals surface area (Å²) in [7, 11) is 1.80. The second-order valence-electron chi connectivity index (χ2n) is 9.29. The molecule has 2 saturated heterocycles. The minimum Gasteiger partial charge on any atom is -0.364 e. The van der Waals surface area contributed by atoms with Crippen LogP contribution in [-0.4, -0.2) is 91.4 Å². The van der Waals surface area contributed by atoms with E-state index in [2.05, 4.69) is 24.8 Å². The Bertz CT molecular complexity index is 1300. The lowest BCUT2D eigenvalue weighted by Crippen LogP contribution is -2.47. The number of carbonyl (C=O) groups excluding carboxylic acids is 2. The molecule has 2 fully saturated rings. The van der Waals surface area contributed by atoms with E-state index in [0.717, 1.165) is 12.4 Å². The molecule has 3 aromatic heterocycles. The van der Waals surface area contributed by atoms with Crippen molar-refractivity contribution in [2.75, 3.05) is 38.1 Å². The summed E-state index contributed by atoms with van der Waals surface area (Å²) in [6.45, 7) is 2.95. The lowest BCUT2D eigenvalue weighted by molar-refractivity contribution is -0.138. The number of hydrogen-bond acceptors (Lipinski definition) is 8. The number of likely N-dealkylation sites (N-methyl/N-ethyl adjacent to an activating group) is 1. The number of alkyl halides is 3. The predicted molar refractivity (Wildman–Crippen MR) is 126 cm³/mol. The van der Waals surface area contributed by atoms with Gasteiger partial charge in [-0.15, -0.1) is 0 Å². The number of fused-ring (bicyclic) bond motifs is 1. The van der Waals surface area contributed by atoms with Gasteiger partial charge in [0.2, 0.25) is 11.9 Å². The smallest absolute Gasteiger partial charge is 0.364 e. The van der Waals surface area contributed by atoms with Gasteiger partial charge in [-0.1, -0.05) is 0 Å². The van der Waals surface area contributed by atoms with Gasteiger partial charge in [0, 0.05) is 58.2 Å². The predicted octanol–water partition coefficient (Wildman–Crippen LogP) is 1.15. The van der Waals surface area contributed by atoms with E-state index in [4.69, 9.17) is 5.73 Å². The zero-order valence-electron chi connectivity index (χ0n) is 20.1. The molecule has 2 aliphatic heterocycles. The Morgan fingerprint density at radius 2 is 1.81 bits per heavy atom. The summed E-state index contributed by atoms with van der Waals surface area (Å²) in [6, 6.07) is 3.09. The van der Waals surface area contributed by atoms with Crippen molar-refractivity contribution in [1.29, 1.82) is 0 Å². The number of nitrogens with two attached hydrogens (primary N) is 1. The number of nitrogens with zero attached hydrogens (tertiary/aromatic N) is 8. The first-order valence-corrected chi connectivity index (χ1v) is 11.9. The molecule has 2 amide bonds. The summed E-state index contributed by atoms with van der Waals surface area (Å²) in [5, 5.41) is 0. The molecule has 11 nitrogen and oxygen atoms in total. The Kier molecular flexibility index (Phi) is 6.43. The normalized spacial score (nSPS) is 20.3. The molecule has 2 aliphatic rings. The molecule has 0 bridgehead atoms. The summed E-state index contributed by atoms with van der Waals surface area (Å²) in [6.07, 6.45) is 0.130. The van der Waals surface area contributed by atoms with Gasteiger partial charge in [0.05, 0.1) is 11.9 Å². The summed E-state index contributed by atoms with van der Waals surface area (Å²) >= 11 is 0. The maximum absolute atomic E-state index is 13.0. The number of rotatable bonds is 7. The van der Waals surface area contributed by atoms with Crippen LogP contribution in [0.4, 0.5) is 19.1 Å². The van der Waals surface area contributed by atoms with Crippen LogP contribution in [0.15, 0.2) is 30.9 Å². The Labute approximate surface area is 210 Å². The first-order chi connectivity index (χ1) is 17.6. The number of primary amides is 1. The molecule has 2 atom stereocenters. The lowest BCUT2D eigenvalue weighted by Gasteiger charge is -2.36. The van der Waals surface area contributed by atoms with Gasteiger partial charge < -0.3 is 20.1 Å². The van der Waals surface area contributed by atoms with Crippen LogP contribution in [0.5, 0.6) is 0 Å². The van der Waals surface area contributed by atoms with Gasteiger partial charge in [0.15, 0.2) is 5.65 Å². The number of aromatic nitrogens is 5. The molecule has 0 spiro atoms. The Balaban J connectivity index is 1.11. The zero-order chi connectivity index (χ0) is 26.3. The Morgan fingerprint density at radius 1 is 1.11 bits per heavy atom. The first-order valence-electron chi connectivity index (χ1n) is 11.9. The molecule has 0 aromatic carbocycles. The van der Waals surface area contributed by atoms with Crippen molar-refractivity contribution in [3.05, 3.63) is 42.1 Å². The van der Waals surface area contributed by atoms with Gasteiger partial charge in [-0.3, -0.25) is 14.5 Å². The fraction of sp³-hybridized carbons (Fsp3) is 0.478. The molecular weight excluding hydrogens is 491 g/mol. The van der Waals surface area contributed by atoms with Gasteiger partial charge in [0.1, 0.15) is 17.3 Å². The van der Waals surface area contributed by atoms with Crippen molar-refractivity contribution in [2.45, 2.75) is 37.6 Å². The van der Waals surface area contributed by atoms with E-state index in [1.807, 2.05) is 9.47 Å². The SMILES string of the molecule is CN(C(=O)C1CN1CCn1cnc2ccc(C(N)=O)nc21)C1CCN(c2ncc(C(F)(F)F)cn2)CC1. The minimum atomic E-state index is -4.47. The first kappa shape index (κ1) is 24.9. The number of piperidine rings is 1. The lowest BCUT2D eigenvalue weighted by atomic mass is 10.0. The highest BCUT2D eigenvalue weighted by atomic mass is 19.4. The molecule has 2 unspecified atom stereocenters. The highest BCUT2D eigenvalue weighted by Crippen LogP contribution is 2.29. The number of imidazole rings is 1. The van der Waals surface area contributed by atoms with Crippen molar-refractivity contribution in [3.8, 4) is 0 Å². The molecule has 5 rings (SSSR count). The maximum atomic E-state index is 13.0. The van der Waals surface area contributed by atoms with Gasteiger partial charge >= 0.3 is 6.18 Å². The fourth-order valence-electron chi connectivity index (χ4n) is 4.63. The monoisotopic (exact) mass is 517 g/mol. The van der Waals surface area contributed by atoms with Crippen LogP contribution in [-0.2, 0) is 17.5 Å². The third-order valence-electron chi connectivity index (χ3n) is 6.95. The Hall–Kier alpha value is -3.81. The highest BCUT2D eigenvalue weighted by molar-refractivity contribution is 5.92. The van der Waals surface area contributed by atoms with E-state index >= 15 is 0 Å². The summed E-state index contributed by atoms with van der Waals surface area (Å²) in [4.78, 5) is 46.5. The van der Waals surface area contributed by atoms with Crippen LogP contribution in [0.1, 0.15) is 28.9 Å². The topological polar surface area (TPSA) is 126 Å². The molecule has 37 heavy (non-hydrogen) atoms. The van der Waals surface area contributed by atoms with Crippen molar-refractivity contribution < 1.29 is 22.8 Å². The number of pyridine rings is 1. The standard InChI is InChI=1S/C23H26F3N9O2/c1-32(15-4-6-33(7-5-15)22-28-10-14(11-29-22)23(24,25)26)21(37)18-12-34(18)8-9-35-13-30-17-3-2-16(19(27)36)31-20(17)35/h2-3,10-11,13,15,18H,4-9,12H2,1H3,(H2,27,36). The number of halogens is 3. The third-order valence-corrected chi connectivity index (χ3v) is 6.95. The quantitative estimate of drug-likeness (QED) is 0.463. The average molecular weight is 518 g/mol. The number of hydrogen-bond donors (Lipinski definition) is 1. The Morgan fingerprint density at radius 3 is 2.46 bits per heavy atom. The molecule has 5 heterocycles. The largest absolute Gasteiger partial charge is 0.419 e. The second-order valence-corrected chi connectivity index (χ2v) is 9.29.